The second-order valence-electron chi connectivity index (χ2n) is 6.40. The van der Waals surface area contributed by atoms with E-state index in [1.165, 1.54) is 5.56 Å². The molecule has 1 saturated heterocycles. The molecule has 1 aliphatic rings. The van der Waals surface area contributed by atoms with Gasteiger partial charge in [0.2, 0.25) is 11.8 Å². The molecule has 1 amide bonds. The number of amides is 1. The molecule has 0 atom stereocenters. The standard InChI is InChI=1S/C18H25N3O2S/c1-4-5-7-21-9-8-20(12-16(21)22)11-15-14(3)23-18(19-15)17-13(2)6-10-24-17/h6,10H,4-5,7-9,11-12H2,1-3H3. The van der Waals surface area contributed by atoms with Crippen LogP contribution in [0.15, 0.2) is 15.9 Å². The zero-order valence-corrected chi connectivity index (χ0v) is 15.5. The van der Waals surface area contributed by atoms with E-state index in [4.69, 9.17) is 4.42 Å². The van der Waals surface area contributed by atoms with Crippen LogP contribution in [0.4, 0.5) is 0 Å². The Kier molecular flexibility index (Phi) is 5.36. The second kappa shape index (κ2) is 7.49. The molecule has 24 heavy (non-hydrogen) atoms. The molecule has 0 unspecified atom stereocenters. The summed E-state index contributed by atoms with van der Waals surface area (Å²) in [6.07, 6.45) is 2.20. The minimum absolute atomic E-state index is 0.227. The number of thiophene rings is 1. The van der Waals surface area contributed by atoms with Crippen molar-refractivity contribution in [2.24, 2.45) is 0 Å². The number of hydrogen-bond acceptors (Lipinski definition) is 5. The van der Waals surface area contributed by atoms with Crippen LogP contribution in [0.1, 0.15) is 36.8 Å². The number of rotatable bonds is 6. The maximum Gasteiger partial charge on any atom is 0.237 e. The number of aryl methyl sites for hydroxylation is 2. The van der Waals surface area contributed by atoms with E-state index in [1.807, 2.05) is 11.8 Å². The normalized spacial score (nSPS) is 16.1. The van der Waals surface area contributed by atoms with Gasteiger partial charge in [-0.2, -0.15) is 0 Å². The zero-order valence-electron chi connectivity index (χ0n) is 14.7. The smallest absolute Gasteiger partial charge is 0.237 e. The molecule has 0 spiro atoms. The average Bonchev–Trinajstić information content (AvgIpc) is 3.13. The van der Waals surface area contributed by atoms with Gasteiger partial charge in [-0.3, -0.25) is 9.69 Å². The van der Waals surface area contributed by atoms with Crippen molar-refractivity contribution in [2.45, 2.75) is 40.2 Å². The van der Waals surface area contributed by atoms with Crippen LogP contribution in [0.5, 0.6) is 0 Å². The Labute approximate surface area is 147 Å². The summed E-state index contributed by atoms with van der Waals surface area (Å²) in [5.41, 5.74) is 2.13. The third-order valence-electron chi connectivity index (χ3n) is 4.50. The molecular formula is C18H25N3O2S. The van der Waals surface area contributed by atoms with Gasteiger partial charge in [0.15, 0.2) is 0 Å². The Morgan fingerprint density at radius 1 is 1.33 bits per heavy atom. The van der Waals surface area contributed by atoms with Crippen LogP contribution in [0.3, 0.4) is 0 Å². The van der Waals surface area contributed by atoms with Gasteiger partial charge < -0.3 is 9.32 Å². The Bertz CT molecular complexity index is 707. The quantitative estimate of drug-likeness (QED) is 0.803. The third-order valence-corrected chi connectivity index (χ3v) is 5.51. The summed E-state index contributed by atoms with van der Waals surface area (Å²) in [5, 5.41) is 2.05. The maximum atomic E-state index is 12.3. The van der Waals surface area contributed by atoms with Gasteiger partial charge in [0.05, 0.1) is 17.1 Å². The molecule has 0 N–H and O–H groups in total. The Hall–Kier alpha value is -1.66. The topological polar surface area (TPSA) is 49.6 Å². The highest BCUT2D eigenvalue weighted by Gasteiger charge is 2.25. The van der Waals surface area contributed by atoms with Gasteiger partial charge in [0.1, 0.15) is 5.76 Å². The Morgan fingerprint density at radius 2 is 2.17 bits per heavy atom. The number of unbranched alkanes of at least 4 members (excludes halogenated alkanes) is 1. The fourth-order valence-corrected chi connectivity index (χ4v) is 3.80. The first-order chi connectivity index (χ1) is 11.6. The Morgan fingerprint density at radius 3 is 2.83 bits per heavy atom. The molecule has 3 heterocycles. The molecule has 0 aromatic carbocycles. The van der Waals surface area contributed by atoms with E-state index in [9.17, 15) is 4.79 Å². The SMILES string of the molecule is CCCCN1CCN(Cc2nc(-c3sccc3C)oc2C)CC1=O. The van der Waals surface area contributed by atoms with Crippen molar-refractivity contribution >= 4 is 17.2 Å². The van der Waals surface area contributed by atoms with Crippen molar-refractivity contribution in [1.82, 2.24) is 14.8 Å². The third kappa shape index (κ3) is 3.70. The van der Waals surface area contributed by atoms with Gasteiger partial charge in [-0.15, -0.1) is 11.3 Å². The first-order valence-corrected chi connectivity index (χ1v) is 9.47. The predicted octanol–water partition coefficient (Wildman–Crippen LogP) is 3.46. The lowest BCUT2D eigenvalue weighted by Crippen LogP contribution is -2.50. The van der Waals surface area contributed by atoms with E-state index in [-0.39, 0.29) is 5.91 Å². The van der Waals surface area contributed by atoms with Gasteiger partial charge in [-0.1, -0.05) is 13.3 Å². The van der Waals surface area contributed by atoms with Crippen LogP contribution in [0.25, 0.3) is 10.8 Å². The van der Waals surface area contributed by atoms with Gasteiger partial charge in [-0.05, 0) is 37.3 Å². The van der Waals surface area contributed by atoms with Gasteiger partial charge in [-0.25, -0.2) is 4.98 Å². The first kappa shape index (κ1) is 17.2. The molecule has 0 bridgehead atoms. The molecule has 5 nitrogen and oxygen atoms in total. The van der Waals surface area contributed by atoms with E-state index in [0.717, 1.165) is 48.8 Å². The summed E-state index contributed by atoms with van der Waals surface area (Å²) < 4.78 is 5.86. The van der Waals surface area contributed by atoms with E-state index < -0.39 is 0 Å². The number of carbonyl (C=O) groups excluding carboxylic acids is 1. The van der Waals surface area contributed by atoms with Crippen molar-refractivity contribution in [3.8, 4) is 10.8 Å². The highest BCUT2D eigenvalue weighted by Crippen LogP contribution is 2.30. The van der Waals surface area contributed by atoms with Crippen LogP contribution in [0, 0.1) is 13.8 Å². The molecule has 3 rings (SSSR count). The van der Waals surface area contributed by atoms with Crippen LogP contribution >= 0.6 is 11.3 Å². The van der Waals surface area contributed by atoms with Crippen LogP contribution in [-0.4, -0.2) is 46.9 Å². The predicted molar refractivity (Wildman–Crippen MR) is 96.1 cm³/mol. The van der Waals surface area contributed by atoms with Crippen LogP contribution < -0.4 is 0 Å². The van der Waals surface area contributed by atoms with Gasteiger partial charge in [0, 0.05) is 26.2 Å². The van der Waals surface area contributed by atoms with Crippen LogP contribution in [-0.2, 0) is 11.3 Å². The fraction of sp³-hybridized carbons (Fsp3) is 0.556. The number of piperazine rings is 1. The summed E-state index contributed by atoms with van der Waals surface area (Å²) in [7, 11) is 0. The van der Waals surface area contributed by atoms with E-state index in [2.05, 4.69) is 35.2 Å². The van der Waals surface area contributed by atoms with Crippen molar-refractivity contribution < 1.29 is 9.21 Å². The second-order valence-corrected chi connectivity index (χ2v) is 7.32. The summed E-state index contributed by atoms with van der Waals surface area (Å²) in [6.45, 7) is 9.92. The molecule has 130 valence electrons. The monoisotopic (exact) mass is 347 g/mol. The minimum atomic E-state index is 0.227. The maximum absolute atomic E-state index is 12.3. The van der Waals surface area contributed by atoms with Crippen molar-refractivity contribution in [1.29, 1.82) is 0 Å². The van der Waals surface area contributed by atoms with E-state index >= 15 is 0 Å². The lowest BCUT2D eigenvalue weighted by atomic mass is 10.2. The summed E-state index contributed by atoms with van der Waals surface area (Å²) in [6, 6.07) is 2.08. The largest absolute Gasteiger partial charge is 0.440 e. The lowest BCUT2D eigenvalue weighted by molar-refractivity contribution is -0.136. The van der Waals surface area contributed by atoms with E-state index in [0.29, 0.717) is 19.0 Å². The molecule has 0 aliphatic carbocycles. The van der Waals surface area contributed by atoms with Crippen molar-refractivity contribution in [3.05, 3.63) is 28.5 Å². The molecule has 1 fully saturated rings. The molecule has 2 aromatic rings. The number of nitrogens with zero attached hydrogens (tertiary/aromatic N) is 3. The molecule has 6 heteroatoms. The van der Waals surface area contributed by atoms with Gasteiger partial charge >= 0.3 is 0 Å². The Balaban J connectivity index is 1.64. The zero-order chi connectivity index (χ0) is 17.1. The number of oxazole rings is 1. The molecule has 2 aromatic heterocycles. The lowest BCUT2D eigenvalue weighted by Gasteiger charge is -2.34. The highest BCUT2D eigenvalue weighted by molar-refractivity contribution is 7.13. The molecular weight excluding hydrogens is 322 g/mol. The average molecular weight is 347 g/mol. The number of aromatic nitrogens is 1. The highest BCUT2D eigenvalue weighted by atomic mass is 32.1. The molecule has 0 radical (unpaired) electrons. The summed E-state index contributed by atoms with van der Waals surface area (Å²) in [4.78, 5) is 22.2. The number of hydrogen-bond donors (Lipinski definition) is 0. The van der Waals surface area contributed by atoms with Crippen molar-refractivity contribution in [2.75, 3.05) is 26.2 Å². The van der Waals surface area contributed by atoms with Crippen molar-refractivity contribution in [3.63, 3.8) is 0 Å². The van der Waals surface area contributed by atoms with E-state index in [1.54, 1.807) is 11.3 Å². The first-order valence-electron chi connectivity index (χ1n) is 8.59. The minimum Gasteiger partial charge on any atom is -0.440 e. The summed E-state index contributed by atoms with van der Waals surface area (Å²) in [5.74, 6) is 1.77. The molecule has 1 aliphatic heterocycles. The number of carbonyl (C=O) groups is 1. The van der Waals surface area contributed by atoms with Crippen LogP contribution in [0.2, 0.25) is 0 Å². The fourth-order valence-electron chi connectivity index (χ4n) is 2.95. The van der Waals surface area contributed by atoms with Gasteiger partial charge in [0.25, 0.3) is 0 Å². The summed E-state index contributed by atoms with van der Waals surface area (Å²) >= 11 is 1.65. The molecule has 0 saturated carbocycles.